The first kappa shape index (κ1) is 17.0. The van der Waals surface area contributed by atoms with Crippen LogP contribution in [-0.4, -0.2) is 18.4 Å². The van der Waals surface area contributed by atoms with Crippen molar-refractivity contribution in [3.8, 4) is 0 Å². The molecule has 130 valence electrons. The van der Waals surface area contributed by atoms with E-state index in [1.54, 1.807) is 24.3 Å². The number of rotatable bonds is 2. The van der Waals surface area contributed by atoms with Crippen molar-refractivity contribution in [2.24, 2.45) is 11.7 Å². The average molecular weight is 348 g/mol. The fourth-order valence-corrected chi connectivity index (χ4v) is 3.04. The molecule has 2 aromatic rings. The predicted octanol–water partition coefficient (Wildman–Crippen LogP) is 3.01. The lowest BCUT2D eigenvalue weighted by Gasteiger charge is -2.33. The third-order valence-corrected chi connectivity index (χ3v) is 4.26. The summed E-state index contributed by atoms with van der Waals surface area (Å²) in [5, 5.41) is 0. The molecule has 2 aromatic carbocycles. The van der Waals surface area contributed by atoms with E-state index in [1.165, 1.54) is 17.0 Å². The van der Waals surface area contributed by atoms with Gasteiger partial charge in [0.2, 0.25) is 5.91 Å². The Morgan fingerprint density at radius 2 is 1.68 bits per heavy atom. The topological polar surface area (TPSA) is 63.4 Å². The standard InChI is InChI=1S/C18H15F3N2O2/c19-18(20,21)14-7-3-2-6-13(14)17(25)23-10-12(16(22)24)9-11-5-1-4-8-15(11)23/h1-8,12H,9-10H2,(H2,22,24)/t12-/m1/s1. The van der Waals surface area contributed by atoms with Crippen molar-refractivity contribution >= 4 is 17.5 Å². The maximum Gasteiger partial charge on any atom is 0.417 e. The number of para-hydroxylation sites is 1. The summed E-state index contributed by atoms with van der Waals surface area (Å²) in [6.45, 7) is -0.0443. The van der Waals surface area contributed by atoms with E-state index in [2.05, 4.69) is 0 Å². The molecule has 1 aliphatic heterocycles. The molecule has 0 aromatic heterocycles. The van der Waals surface area contributed by atoms with Crippen LogP contribution in [-0.2, 0) is 17.4 Å². The number of primary amides is 1. The van der Waals surface area contributed by atoms with Crippen LogP contribution in [0, 0.1) is 5.92 Å². The molecule has 0 aliphatic carbocycles. The van der Waals surface area contributed by atoms with Crippen LogP contribution in [0.4, 0.5) is 18.9 Å². The van der Waals surface area contributed by atoms with Gasteiger partial charge in [0.25, 0.3) is 5.91 Å². The second-order valence-electron chi connectivity index (χ2n) is 5.89. The predicted molar refractivity (Wildman–Crippen MR) is 86.0 cm³/mol. The van der Waals surface area contributed by atoms with Crippen molar-refractivity contribution in [1.82, 2.24) is 0 Å². The minimum absolute atomic E-state index is 0.0443. The highest BCUT2D eigenvalue weighted by Crippen LogP contribution is 2.35. The van der Waals surface area contributed by atoms with Crippen LogP contribution in [0.25, 0.3) is 0 Å². The van der Waals surface area contributed by atoms with E-state index in [1.807, 2.05) is 0 Å². The Morgan fingerprint density at radius 1 is 1.04 bits per heavy atom. The summed E-state index contributed by atoms with van der Waals surface area (Å²) in [6, 6.07) is 11.4. The van der Waals surface area contributed by atoms with Crippen LogP contribution in [0.5, 0.6) is 0 Å². The van der Waals surface area contributed by atoms with Gasteiger partial charge >= 0.3 is 6.18 Å². The van der Waals surface area contributed by atoms with Gasteiger partial charge in [-0.3, -0.25) is 9.59 Å². The maximum atomic E-state index is 13.2. The SMILES string of the molecule is NC(=O)[C@@H]1Cc2ccccc2N(C(=O)c2ccccc2C(F)(F)F)C1. The molecule has 0 fully saturated rings. The highest BCUT2D eigenvalue weighted by atomic mass is 19.4. The van der Waals surface area contributed by atoms with E-state index in [-0.39, 0.29) is 6.54 Å². The molecule has 1 heterocycles. The smallest absolute Gasteiger partial charge is 0.369 e. The number of hydrogen-bond donors (Lipinski definition) is 1. The van der Waals surface area contributed by atoms with E-state index in [0.717, 1.165) is 12.1 Å². The van der Waals surface area contributed by atoms with Crippen molar-refractivity contribution in [2.45, 2.75) is 12.6 Å². The van der Waals surface area contributed by atoms with Gasteiger partial charge in [0.1, 0.15) is 0 Å². The molecule has 7 heteroatoms. The van der Waals surface area contributed by atoms with Gasteiger partial charge in [-0.25, -0.2) is 0 Å². The number of nitrogens with zero attached hydrogens (tertiary/aromatic N) is 1. The van der Waals surface area contributed by atoms with Crippen LogP contribution in [0.1, 0.15) is 21.5 Å². The van der Waals surface area contributed by atoms with Gasteiger partial charge in [0.15, 0.2) is 0 Å². The number of halogens is 3. The summed E-state index contributed by atoms with van der Waals surface area (Å²) >= 11 is 0. The van der Waals surface area contributed by atoms with E-state index in [9.17, 15) is 22.8 Å². The summed E-state index contributed by atoms with van der Waals surface area (Å²) in [6.07, 6.45) is -4.29. The number of carbonyl (C=O) groups excluding carboxylic acids is 2. The maximum absolute atomic E-state index is 13.2. The second-order valence-corrected chi connectivity index (χ2v) is 5.89. The highest BCUT2D eigenvalue weighted by Gasteiger charge is 2.38. The van der Waals surface area contributed by atoms with Crippen molar-refractivity contribution in [2.75, 3.05) is 11.4 Å². The Hall–Kier alpha value is -2.83. The van der Waals surface area contributed by atoms with Gasteiger partial charge in [0, 0.05) is 12.2 Å². The second kappa shape index (κ2) is 6.23. The van der Waals surface area contributed by atoms with Gasteiger partial charge in [-0.2, -0.15) is 13.2 Å². The number of carbonyl (C=O) groups is 2. The molecule has 4 nitrogen and oxygen atoms in total. The first-order chi connectivity index (χ1) is 11.8. The molecular weight excluding hydrogens is 333 g/mol. The molecule has 0 radical (unpaired) electrons. The normalized spacial score (nSPS) is 17.1. The third-order valence-electron chi connectivity index (χ3n) is 4.26. The summed E-state index contributed by atoms with van der Waals surface area (Å²) in [4.78, 5) is 25.7. The first-order valence-electron chi connectivity index (χ1n) is 7.64. The van der Waals surface area contributed by atoms with E-state index < -0.39 is 35.0 Å². The molecule has 0 bridgehead atoms. The molecule has 0 saturated carbocycles. The number of nitrogens with two attached hydrogens (primary N) is 1. The zero-order valence-corrected chi connectivity index (χ0v) is 13.1. The minimum atomic E-state index is -4.65. The lowest BCUT2D eigenvalue weighted by molar-refractivity contribution is -0.138. The van der Waals surface area contributed by atoms with Crippen LogP contribution in [0.3, 0.4) is 0 Å². The fourth-order valence-electron chi connectivity index (χ4n) is 3.04. The monoisotopic (exact) mass is 348 g/mol. The molecular formula is C18H15F3N2O2. The Bertz CT molecular complexity index is 833. The van der Waals surface area contributed by atoms with Crippen LogP contribution >= 0.6 is 0 Å². The third kappa shape index (κ3) is 3.22. The number of benzene rings is 2. The molecule has 0 saturated heterocycles. The number of hydrogen-bond acceptors (Lipinski definition) is 2. The largest absolute Gasteiger partial charge is 0.417 e. The first-order valence-corrected chi connectivity index (χ1v) is 7.64. The van der Waals surface area contributed by atoms with Gasteiger partial charge in [0.05, 0.1) is 17.0 Å². The zero-order chi connectivity index (χ0) is 18.2. The zero-order valence-electron chi connectivity index (χ0n) is 13.1. The number of fused-ring (bicyclic) bond motifs is 1. The van der Waals surface area contributed by atoms with Crippen LogP contribution < -0.4 is 10.6 Å². The highest BCUT2D eigenvalue weighted by molar-refractivity contribution is 6.08. The van der Waals surface area contributed by atoms with Crippen molar-refractivity contribution < 1.29 is 22.8 Å². The van der Waals surface area contributed by atoms with Crippen LogP contribution in [0.2, 0.25) is 0 Å². The lowest BCUT2D eigenvalue weighted by Crippen LogP contribution is -2.44. The summed E-state index contributed by atoms with van der Waals surface area (Å²) in [5.74, 6) is -2.03. The number of amides is 2. The van der Waals surface area contributed by atoms with Gasteiger partial charge in [-0.1, -0.05) is 30.3 Å². The van der Waals surface area contributed by atoms with Gasteiger partial charge in [-0.05, 0) is 30.2 Å². The molecule has 1 aliphatic rings. The van der Waals surface area contributed by atoms with E-state index in [0.29, 0.717) is 17.7 Å². The minimum Gasteiger partial charge on any atom is -0.369 e. The van der Waals surface area contributed by atoms with Crippen molar-refractivity contribution in [1.29, 1.82) is 0 Å². The summed E-state index contributed by atoms with van der Waals surface area (Å²) in [7, 11) is 0. The Balaban J connectivity index is 2.07. The molecule has 2 N–H and O–H groups in total. The number of alkyl halides is 3. The van der Waals surface area contributed by atoms with Crippen LogP contribution in [0.15, 0.2) is 48.5 Å². The molecule has 1 atom stereocenters. The Morgan fingerprint density at radius 3 is 2.36 bits per heavy atom. The van der Waals surface area contributed by atoms with Gasteiger partial charge in [-0.15, -0.1) is 0 Å². The molecule has 25 heavy (non-hydrogen) atoms. The number of anilines is 1. The fraction of sp³-hybridized carbons (Fsp3) is 0.222. The average Bonchev–Trinajstić information content (AvgIpc) is 2.59. The summed E-state index contributed by atoms with van der Waals surface area (Å²) < 4.78 is 39.7. The Kier molecular flexibility index (Phi) is 4.24. The molecule has 0 unspecified atom stereocenters. The van der Waals surface area contributed by atoms with E-state index >= 15 is 0 Å². The molecule has 2 amide bonds. The lowest BCUT2D eigenvalue weighted by atomic mass is 9.91. The molecule has 0 spiro atoms. The van der Waals surface area contributed by atoms with Crippen molar-refractivity contribution in [3.63, 3.8) is 0 Å². The summed E-state index contributed by atoms with van der Waals surface area (Å²) in [5.41, 5.74) is 5.12. The Labute approximate surface area is 142 Å². The quantitative estimate of drug-likeness (QED) is 0.907. The van der Waals surface area contributed by atoms with Crippen molar-refractivity contribution in [3.05, 3.63) is 65.2 Å². The van der Waals surface area contributed by atoms with Gasteiger partial charge < -0.3 is 10.6 Å². The molecule has 3 rings (SSSR count). The van der Waals surface area contributed by atoms with E-state index in [4.69, 9.17) is 5.73 Å².